The zero-order valence-corrected chi connectivity index (χ0v) is 26.5. The quantitative estimate of drug-likeness (QED) is 0.173. The predicted molar refractivity (Wildman–Crippen MR) is 166 cm³/mol. The first-order chi connectivity index (χ1) is 21.5. The standard InChI is InChI=1S/C17H16ClFO4.C16H14ClFO4/c1-21-14-9-15(22-2)12(17(20)23-3)8-11(14)7-10-5-4-6-13(18)16(10)19;1-21-13-8-14(22-2)11(16(19)20)7-10(13)6-9-4-3-5-12(17)15(9)18/h4-6,8-9H,7H2,1-3H3;3-5,7-8H,6H2,1-2H3,(H,19,20). The number of methoxy groups -OCH3 is 5. The molecule has 0 aliphatic carbocycles. The third-order valence-corrected chi connectivity index (χ3v) is 7.25. The first kappa shape index (κ1) is 34.9. The minimum Gasteiger partial charge on any atom is -0.496 e. The molecule has 0 aromatic heterocycles. The minimum atomic E-state index is -1.13. The molecule has 0 aliphatic rings. The third-order valence-electron chi connectivity index (χ3n) is 6.67. The Labute approximate surface area is 269 Å². The van der Waals surface area contributed by atoms with E-state index in [1.165, 1.54) is 59.8 Å². The van der Waals surface area contributed by atoms with Crippen LogP contribution in [0, 0.1) is 11.6 Å². The molecular weight excluding hydrogens is 633 g/mol. The maximum atomic E-state index is 14.1. The molecule has 0 unspecified atom stereocenters. The second-order valence-corrected chi connectivity index (χ2v) is 10.1. The molecule has 45 heavy (non-hydrogen) atoms. The highest BCUT2D eigenvalue weighted by atomic mass is 35.5. The van der Waals surface area contributed by atoms with Gasteiger partial charge in [0.05, 0.1) is 45.6 Å². The van der Waals surface area contributed by atoms with Gasteiger partial charge in [0, 0.05) is 25.0 Å². The Balaban J connectivity index is 0.000000246. The molecule has 238 valence electrons. The van der Waals surface area contributed by atoms with Crippen LogP contribution in [0.3, 0.4) is 0 Å². The van der Waals surface area contributed by atoms with Crippen LogP contribution in [0.2, 0.25) is 10.0 Å². The molecule has 0 saturated carbocycles. The second-order valence-electron chi connectivity index (χ2n) is 9.30. The van der Waals surface area contributed by atoms with Crippen molar-refractivity contribution in [1.82, 2.24) is 0 Å². The van der Waals surface area contributed by atoms with Crippen LogP contribution in [-0.2, 0) is 17.6 Å². The number of halogens is 4. The normalized spacial score (nSPS) is 10.3. The molecule has 1 N–H and O–H groups in total. The van der Waals surface area contributed by atoms with Crippen LogP contribution in [0.1, 0.15) is 43.0 Å². The largest absolute Gasteiger partial charge is 0.496 e. The zero-order chi connectivity index (χ0) is 33.3. The van der Waals surface area contributed by atoms with Gasteiger partial charge in [-0.2, -0.15) is 0 Å². The molecule has 0 saturated heterocycles. The fraction of sp³-hybridized carbons (Fsp3) is 0.212. The van der Waals surface area contributed by atoms with Crippen molar-refractivity contribution in [2.24, 2.45) is 0 Å². The minimum absolute atomic E-state index is 0.0132. The van der Waals surface area contributed by atoms with E-state index >= 15 is 0 Å². The van der Waals surface area contributed by atoms with E-state index in [2.05, 4.69) is 0 Å². The molecule has 0 heterocycles. The molecule has 0 amide bonds. The Morgan fingerprint density at radius 3 is 1.40 bits per heavy atom. The van der Waals surface area contributed by atoms with Crippen molar-refractivity contribution in [1.29, 1.82) is 0 Å². The number of hydrogen-bond donors (Lipinski definition) is 1. The van der Waals surface area contributed by atoms with E-state index in [9.17, 15) is 23.5 Å². The number of rotatable bonds is 10. The van der Waals surface area contributed by atoms with Crippen LogP contribution in [-0.4, -0.2) is 52.6 Å². The fourth-order valence-electron chi connectivity index (χ4n) is 4.42. The van der Waals surface area contributed by atoms with Gasteiger partial charge in [0.25, 0.3) is 0 Å². The van der Waals surface area contributed by atoms with Gasteiger partial charge in [-0.25, -0.2) is 18.4 Å². The summed E-state index contributed by atoms with van der Waals surface area (Å²) in [5.41, 5.74) is 2.13. The average Bonchev–Trinajstić information content (AvgIpc) is 3.04. The van der Waals surface area contributed by atoms with E-state index in [0.717, 1.165) is 0 Å². The van der Waals surface area contributed by atoms with Crippen LogP contribution in [0.5, 0.6) is 23.0 Å². The number of aromatic carboxylic acids is 1. The molecule has 4 rings (SSSR count). The first-order valence-electron chi connectivity index (χ1n) is 13.2. The van der Waals surface area contributed by atoms with Crippen molar-refractivity contribution in [3.63, 3.8) is 0 Å². The van der Waals surface area contributed by atoms with Crippen molar-refractivity contribution in [3.8, 4) is 23.0 Å². The lowest BCUT2D eigenvalue weighted by molar-refractivity contribution is 0.0596. The lowest BCUT2D eigenvalue weighted by Gasteiger charge is -2.14. The van der Waals surface area contributed by atoms with E-state index in [1.807, 2.05) is 0 Å². The van der Waals surface area contributed by atoms with Gasteiger partial charge in [-0.1, -0.05) is 47.5 Å². The highest BCUT2D eigenvalue weighted by Crippen LogP contribution is 2.33. The van der Waals surface area contributed by atoms with E-state index in [1.54, 1.807) is 36.4 Å². The summed E-state index contributed by atoms with van der Waals surface area (Å²) in [4.78, 5) is 23.2. The molecule has 8 nitrogen and oxygen atoms in total. The summed E-state index contributed by atoms with van der Waals surface area (Å²) < 4.78 is 53.6. The van der Waals surface area contributed by atoms with Crippen LogP contribution < -0.4 is 18.9 Å². The Hall–Kier alpha value is -4.54. The lowest BCUT2D eigenvalue weighted by Crippen LogP contribution is -2.07. The van der Waals surface area contributed by atoms with E-state index in [4.69, 9.17) is 46.9 Å². The highest BCUT2D eigenvalue weighted by molar-refractivity contribution is 6.31. The van der Waals surface area contributed by atoms with Gasteiger partial charge in [-0.05, 0) is 46.5 Å². The van der Waals surface area contributed by atoms with Crippen LogP contribution in [0.15, 0.2) is 60.7 Å². The van der Waals surface area contributed by atoms with E-state index in [0.29, 0.717) is 39.5 Å². The number of carboxylic acid groups (broad SMARTS) is 1. The number of carbonyl (C=O) groups excluding carboxylic acids is 1. The molecule has 0 fully saturated rings. The number of esters is 1. The SMILES string of the molecule is COC(=O)c1cc(Cc2cccc(Cl)c2F)c(OC)cc1OC.COc1cc(OC)c(C(=O)O)cc1Cc1cccc(Cl)c1F. The summed E-state index contributed by atoms with van der Waals surface area (Å²) in [7, 11) is 7.04. The van der Waals surface area contributed by atoms with E-state index in [-0.39, 0.29) is 39.8 Å². The van der Waals surface area contributed by atoms with Crippen LogP contribution >= 0.6 is 23.2 Å². The summed E-state index contributed by atoms with van der Waals surface area (Å²) >= 11 is 11.6. The van der Waals surface area contributed by atoms with Crippen molar-refractivity contribution >= 4 is 35.1 Å². The average molecular weight is 663 g/mol. The van der Waals surface area contributed by atoms with Crippen molar-refractivity contribution in [2.45, 2.75) is 12.8 Å². The summed E-state index contributed by atoms with van der Waals surface area (Å²) in [6, 6.07) is 15.5. The highest BCUT2D eigenvalue weighted by Gasteiger charge is 2.20. The number of carboxylic acids is 1. The molecule has 0 bridgehead atoms. The van der Waals surface area contributed by atoms with Crippen molar-refractivity contribution < 1.29 is 47.2 Å². The molecule has 0 atom stereocenters. The van der Waals surface area contributed by atoms with Gasteiger partial charge < -0.3 is 28.8 Å². The lowest BCUT2D eigenvalue weighted by atomic mass is 10.0. The van der Waals surface area contributed by atoms with Gasteiger partial charge in [-0.3, -0.25) is 0 Å². The fourth-order valence-corrected chi connectivity index (χ4v) is 4.81. The third kappa shape index (κ3) is 8.34. The molecule has 4 aromatic rings. The summed E-state index contributed by atoms with van der Waals surface area (Å²) in [5.74, 6) is -1.30. The zero-order valence-electron chi connectivity index (χ0n) is 25.0. The van der Waals surface area contributed by atoms with Crippen LogP contribution in [0.4, 0.5) is 8.78 Å². The molecule has 0 aliphatic heterocycles. The van der Waals surface area contributed by atoms with E-state index < -0.39 is 23.6 Å². The second kappa shape index (κ2) is 16.0. The summed E-state index contributed by atoms with van der Waals surface area (Å²) in [6.45, 7) is 0. The maximum absolute atomic E-state index is 14.1. The van der Waals surface area contributed by atoms with Gasteiger partial charge in [0.1, 0.15) is 45.8 Å². The van der Waals surface area contributed by atoms with Crippen molar-refractivity contribution in [2.75, 3.05) is 35.5 Å². The maximum Gasteiger partial charge on any atom is 0.341 e. The first-order valence-corrected chi connectivity index (χ1v) is 13.9. The number of benzene rings is 4. The van der Waals surface area contributed by atoms with Gasteiger partial charge in [0.15, 0.2) is 0 Å². The van der Waals surface area contributed by atoms with Gasteiger partial charge in [0.2, 0.25) is 0 Å². The summed E-state index contributed by atoms with van der Waals surface area (Å²) in [6.07, 6.45) is 0.364. The topological polar surface area (TPSA) is 101 Å². The molecule has 4 aromatic carbocycles. The monoisotopic (exact) mass is 662 g/mol. The predicted octanol–water partition coefficient (Wildman–Crippen LogP) is 7.66. The smallest absolute Gasteiger partial charge is 0.341 e. The molecule has 0 radical (unpaired) electrons. The Bertz CT molecular complexity index is 1690. The van der Waals surface area contributed by atoms with Gasteiger partial charge >= 0.3 is 11.9 Å². The van der Waals surface area contributed by atoms with Crippen molar-refractivity contribution in [3.05, 3.63) is 116 Å². The molecular formula is C33H30Cl2F2O8. The Kier molecular flexibility index (Phi) is 12.4. The molecule has 12 heteroatoms. The Morgan fingerprint density at radius 2 is 1.02 bits per heavy atom. The van der Waals surface area contributed by atoms with Gasteiger partial charge in [-0.15, -0.1) is 0 Å². The number of ether oxygens (including phenoxy) is 5. The molecule has 0 spiro atoms. The number of hydrogen-bond acceptors (Lipinski definition) is 7. The number of carbonyl (C=O) groups is 2. The Morgan fingerprint density at radius 1 is 0.622 bits per heavy atom. The summed E-state index contributed by atoms with van der Waals surface area (Å²) in [5, 5.41) is 9.30. The van der Waals surface area contributed by atoms with Crippen LogP contribution in [0.25, 0.3) is 0 Å².